The molecule has 0 aromatic carbocycles. The second kappa shape index (κ2) is 3.60. The van der Waals surface area contributed by atoms with E-state index in [1.807, 2.05) is 0 Å². The fraction of sp³-hybridized carbons (Fsp3) is 0.400. The van der Waals surface area contributed by atoms with Gasteiger partial charge in [0.05, 0.1) is 0 Å². The van der Waals surface area contributed by atoms with Gasteiger partial charge in [-0.25, -0.2) is 14.6 Å². The van der Waals surface area contributed by atoms with Gasteiger partial charge >= 0.3 is 12.1 Å². The summed E-state index contributed by atoms with van der Waals surface area (Å²) in [6, 6.07) is -1.62. The second-order valence-corrected chi connectivity index (χ2v) is 1.85. The van der Waals surface area contributed by atoms with Crippen LogP contribution in [0.5, 0.6) is 0 Å². The molecule has 0 aromatic rings. The summed E-state index contributed by atoms with van der Waals surface area (Å²) in [5, 5.41) is 1.79. The maximum absolute atomic E-state index is 10.5. The van der Waals surface area contributed by atoms with E-state index in [0.29, 0.717) is 5.71 Å². The quantitative estimate of drug-likeness (QED) is 0.476. The number of hydrogen-bond acceptors (Lipinski definition) is 2. The van der Waals surface area contributed by atoms with Gasteiger partial charge in [0, 0.05) is 5.71 Å². The molecule has 0 aliphatic heterocycles. The van der Waals surface area contributed by atoms with E-state index in [1.54, 1.807) is 19.2 Å². The first-order valence-corrected chi connectivity index (χ1v) is 2.64. The molecule has 5 heteroatoms. The highest BCUT2D eigenvalue weighted by Gasteiger charge is 1.98. The van der Waals surface area contributed by atoms with Crippen molar-refractivity contribution >= 4 is 17.8 Å². The summed E-state index contributed by atoms with van der Waals surface area (Å²) in [6.07, 6.45) is 0. The maximum Gasteiger partial charge on any atom is 0.348 e. The van der Waals surface area contributed by atoms with Crippen LogP contribution >= 0.6 is 0 Å². The number of carbonyl (C=O) groups excluding carboxylic acids is 2. The number of imide groups is 1. The molecule has 0 heterocycles. The zero-order chi connectivity index (χ0) is 8.15. The summed E-state index contributed by atoms with van der Waals surface area (Å²) in [6.45, 7) is 3.28. The van der Waals surface area contributed by atoms with Gasteiger partial charge in [0.1, 0.15) is 0 Å². The van der Waals surface area contributed by atoms with E-state index in [1.165, 1.54) is 0 Å². The first kappa shape index (κ1) is 8.61. The van der Waals surface area contributed by atoms with Crippen LogP contribution in [-0.4, -0.2) is 17.8 Å². The van der Waals surface area contributed by atoms with Gasteiger partial charge in [0.2, 0.25) is 0 Å². The number of nitrogens with zero attached hydrogens (tertiary/aromatic N) is 1. The average molecular weight is 143 g/mol. The molecule has 10 heavy (non-hydrogen) atoms. The van der Waals surface area contributed by atoms with Crippen molar-refractivity contribution in [2.45, 2.75) is 13.8 Å². The molecule has 0 aromatic heterocycles. The predicted octanol–water partition coefficient (Wildman–Crippen LogP) is 0.256. The summed E-state index contributed by atoms with van der Waals surface area (Å²) in [5.41, 5.74) is 5.20. The molecular formula is C5H9N3O2. The summed E-state index contributed by atoms with van der Waals surface area (Å²) >= 11 is 0. The SMILES string of the molecule is CC(C)=NC(=O)NC(N)=O. The van der Waals surface area contributed by atoms with E-state index in [2.05, 4.69) is 10.7 Å². The van der Waals surface area contributed by atoms with Gasteiger partial charge in [-0.1, -0.05) is 0 Å². The van der Waals surface area contributed by atoms with Crippen molar-refractivity contribution in [1.82, 2.24) is 5.32 Å². The first-order valence-electron chi connectivity index (χ1n) is 2.64. The predicted molar refractivity (Wildman–Crippen MR) is 36.9 cm³/mol. The number of nitrogens with two attached hydrogens (primary N) is 1. The normalized spacial score (nSPS) is 8.20. The standard InChI is InChI=1S/C5H9N3O2/c1-3(2)7-5(10)8-4(6)9/h1-2H3,(H3,6,8,9,10). The highest BCUT2D eigenvalue weighted by Crippen LogP contribution is 1.76. The van der Waals surface area contributed by atoms with Gasteiger partial charge < -0.3 is 5.73 Å². The smallest absolute Gasteiger partial charge is 0.348 e. The van der Waals surface area contributed by atoms with E-state index in [-0.39, 0.29) is 0 Å². The van der Waals surface area contributed by atoms with E-state index in [4.69, 9.17) is 0 Å². The van der Waals surface area contributed by atoms with E-state index in [9.17, 15) is 9.59 Å². The Morgan fingerprint density at radius 3 is 2.20 bits per heavy atom. The Morgan fingerprint density at radius 2 is 1.90 bits per heavy atom. The number of rotatable bonds is 0. The van der Waals surface area contributed by atoms with Gasteiger partial charge in [-0.2, -0.15) is 0 Å². The molecule has 5 nitrogen and oxygen atoms in total. The number of urea groups is 2. The van der Waals surface area contributed by atoms with Gasteiger partial charge in [0.15, 0.2) is 0 Å². The lowest BCUT2D eigenvalue weighted by molar-refractivity contribution is 0.237. The number of primary amides is 1. The second-order valence-electron chi connectivity index (χ2n) is 1.85. The number of hydrogen-bond donors (Lipinski definition) is 2. The Morgan fingerprint density at radius 1 is 1.40 bits per heavy atom. The molecule has 3 N–H and O–H groups in total. The molecule has 0 saturated carbocycles. The lowest BCUT2D eigenvalue weighted by Crippen LogP contribution is -2.33. The van der Waals surface area contributed by atoms with Gasteiger partial charge in [0.25, 0.3) is 0 Å². The fourth-order valence-electron chi connectivity index (χ4n) is 0.336. The Balaban J connectivity index is 3.88. The number of nitrogens with one attached hydrogen (secondary N) is 1. The van der Waals surface area contributed by atoms with Gasteiger partial charge in [-0.3, -0.25) is 5.32 Å². The van der Waals surface area contributed by atoms with E-state index < -0.39 is 12.1 Å². The first-order chi connectivity index (χ1) is 4.52. The number of amides is 4. The molecule has 56 valence electrons. The third-order valence-electron chi connectivity index (χ3n) is 0.555. The highest BCUT2D eigenvalue weighted by atomic mass is 16.2. The van der Waals surface area contributed by atoms with Crippen LogP contribution in [0.25, 0.3) is 0 Å². The van der Waals surface area contributed by atoms with Crippen LogP contribution in [0.15, 0.2) is 4.99 Å². The summed E-state index contributed by atoms with van der Waals surface area (Å²) in [5.74, 6) is 0. The van der Waals surface area contributed by atoms with E-state index in [0.717, 1.165) is 0 Å². The zero-order valence-electron chi connectivity index (χ0n) is 5.84. The zero-order valence-corrected chi connectivity index (χ0v) is 5.84. The number of carbonyl (C=O) groups is 2. The van der Waals surface area contributed by atoms with Crippen LogP contribution in [0.3, 0.4) is 0 Å². The van der Waals surface area contributed by atoms with Crippen molar-refractivity contribution in [3.05, 3.63) is 0 Å². The molecule has 0 radical (unpaired) electrons. The molecule has 0 fully saturated rings. The summed E-state index contributed by atoms with van der Waals surface area (Å²) in [4.78, 5) is 23.9. The number of aliphatic imine (C=N–C) groups is 1. The minimum absolute atomic E-state index is 0.568. The molecule has 0 bridgehead atoms. The highest BCUT2D eigenvalue weighted by molar-refractivity contribution is 5.99. The van der Waals surface area contributed by atoms with Crippen molar-refractivity contribution in [1.29, 1.82) is 0 Å². The van der Waals surface area contributed by atoms with Crippen LogP contribution in [-0.2, 0) is 0 Å². The monoisotopic (exact) mass is 143 g/mol. The average Bonchev–Trinajstić information content (AvgIpc) is 1.58. The van der Waals surface area contributed by atoms with Crippen molar-refractivity contribution in [2.24, 2.45) is 10.7 Å². The summed E-state index contributed by atoms with van der Waals surface area (Å²) < 4.78 is 0. The van der Waals surface area contributed by atoms with Crippen molar-refractivity contribution in [3.63, 3.8) is 0 Å². The third kappa shape index (κ3) is 4.76. The molecule has 0 unspecified atom stereocenters. The Hall–Kier alpha value is -1.39. The Labute approximate surface area is 58.3 Å². The van der Waals surface area contributed by atoms with E-state index >= 15 is 0 Å². The minimum Gasteiger partial charge on any atom is -0.351 e. The third-order valence-corrected chi connectivity index (χ3v) is 0.555. The van der Waals surface area contributed by atoms with Gasteiger partial charge in [-0.15, -0.1) is 0 Å². The van der Waals surface area contributed by atoms with Crippen LogP contribution in [0.2, 0.25) is 0 Å². The molecule has 0 aliphatic carbocycles. The molecular weight excluding hydrogens is 134 g/mol. The van der Waals surface area contributed by atoms with Crippen molar-refractivity contribution in [2.75, 3.05) is 0 Å². The molecule has 4 amide bonds. The molecule has 0 saturated heterocycles. The molecule has 0 spiro atoms. The summed E-state index contributed by atoms with van der Waals surface area (Å²) in [7, 11) is 0. The van der Waals surface area contributed by atoms with Crippen LogP contribution in [0, 0.1) is 0 Å². The van der Waals surface area contributed by atoms with Crippen LogP contribution in [0.4, 0.5) is 9.59 Å². The lowest BCUT2D eigenvalue weighted by Gasteiger charge is -1.92. The van der Waals surface area contributed by atoms with Crippen molar-refractivity contribution < 1.29 is 9.59 Å². The maximum atomic E-state index is 10.5. The largest absolute Gasteiger partial charge is 0.351 e. The topological polar surface area (TPSA) is 84.6 Å². The molecule has 0 atom stereocenters. The minimum atomic E-state index is -0.894. The molecule has 0 rings (SSSR count). The Kier molecular flexibility index (Phi) is 3.10. The van der Waals surface area contributed by atoms with Crippen LogP contribution < -0.4 is 11.1 Å². The van der Waals surface area contributed by atoms with Gasteiger partial charge in [-0.05, 0) is 13.8 Å². The fourth-order valence-corrected chi connectivity index (χ4v) is 0.336. The van der Waals surface area contributed by atoms with Crippen LogP contribution in [0.1, 0.15) is 13.8 Å². The molecule has 0 aliphatic rings. The Bertz CT molecular complexity index is 181. The van der Waals surface area contributed by atoms with Crippen molar-refractivity contribution in [3.8, 4) is 0 Å². The lowest BCUT2D eigenvalue weighted by atomic mass is 10.5.